The van der Waals surface area contributed by atoms with Crippen molar-refractivity contribution in [1.82, 2.24) is 10.2 Å². The number of carbonyl (C=O) groups excluding carboxylic acids is 2. The Kier molecular flexibility index (Phi) is 6.12. The normalized spacial score (nSPS) is 13.5. The number of benzene rings is 2. The number of carbonyl (C=O) groups is 2. The fraction of sp³-hybridized carbons (Fsp3) is 0.300. The van der Waals surface area contributed by atoms with Crippen LogP contribution in [0.25, 0.3) is 0 Å². The highest BCUT2D eigenvalue weighted by atomic mass is 35.5. The molecule has 1 aliphatic heterocycles. The van der Waals surface area contributed by atoms with Crippen LogP contribution >= 0.6 is 11.6 Å². The first-order valence-corrected chi connectivity index (χ1v) is 9.03. The molecule has 5 nitrogen and oxygen atoms in total. The summed E-state index contributed by atoms with van der Waals surface area (Å²) in [6, 6.07) is 14.4. The number of rotatable bonds is 6. The minimum absolute atomic E-state index is 0.0535. The molecule has 0 saturated carbocycles. The molecule has 0 bridgehead atoms. The molecule has 2 aromatic carbocycles. The average molecular weight is 373 g/mol. The molecule has 3 rings (SSSR count). The highest BCUT2D eigenvalue weighted by Crippen LogP contribution is 2.22. The van der Waals surface area contributed by atoms with Gasteiger partial charge in [0.15, 0.2) is 6.61 Å². The van der Waals surface area contributed by atoms with Gasteiger partial charge in [0.2, 0.25) is 0 Å². The van der Waals surface area contributed by atoms with Crippen molar-refractivity contribution in [2.45, 2.75) is 19.4 Å². The van der Waals surface area contributed by atoms with Gasteiger partial charge in [-0.25, -0.2) is 0 Å². The molecule has 0 atom stereocenters. The number of nitrogens with zero attached hydrogens (tertiary/aromatic N) is 1. The molecule has 1 aliphatic rings. The summed E-state index contributed by atoms with van der Waals surface area (Å²) in [7, 11) is 0. The van der Waals surface area contributed by atoms with Crippen LogP contribution in [0.5, 0.6) is 5.75 Å². The molecule has 136 valence electrons. The molecule has 2 amide bonds. The molecule has 2 aromatic rings. The van der Waals surface area contributed by atoms with Gasteiger partial charge in [0.05, 0.1) is 5.02 Å². The molecule has 0 unspecified atom stereocenters. The van der Waals surface area contributed by atoms with E-state index in [0.29, 0.717) is 22.9 Å². The maximum atomic E-state index is 12.4. The molecule has 0 spiro atoms. The Morgan fingerprint density at radius 2 is 1.85 bits per heavy atom. The number of hydrogen-bond donors (Lipinski definition) is 1. The molecule has 1 saturated heterocycles. The smallest absolute Gasteiger partial charge is 0.258 e. The lowest BCUT2D eigenvalue weighted by Gasteiger charge is -2.15. The topological polar surface area (TPSA) is 58.6 Å². The number of amides is 2. The molecular formula is C20H21ClN2O3. The lowest BCUT2D eigenvalue weighted by Crippen LogP contribution is -2.29. The maximum Gasteiger partial charge on any atom is 0.258 e. The lowest BCUT2D eigenvalue weighted by atomic mass is 10.1. The number of para-hydroxylation sites is 1. The van der Waals surface area contributed by atoms with E-state index < -0.39 is 0 Å². The van der Waals surface area contributed by atoms with Crippen LogP contribution in [0.4, 0.5) is 0 Å². The lowest BCUT2D eigenvalue weighted by molar-refractivity contribution is -0.123. The summed E-state index contributed by atoms with van der Waals surface area (Å²) < 4.78 is 5.41. The summed E-state index contributed by atoms with van der Waals surface area (Å²) in [6.07, 6.45) is 2.12. The van der Waals surface area contributed by atoms with Crippen molar-refractivity contribution >= 4 is 23.4 Å². The van der Waals surface area contributed by atoms with Crippen LogP contribution in [0.15, 0.2) is 48.5 Å². The molecule has 6 heteroatoms. The van der Waals surface area contributed by atoms with Crippen LogP contribution < -0.4 is 10.1 Å². The van der Waals surface area contributed by atoms with Crippen molar-refractivity contribution in [1.29, 1.82) is 0 Å². The fourth-order valence-electron chi connectivity index (χ4n) is 2.87. The second-order valence-corrected chi connectivity index (χ2v) is 6.60. The predicted octanol–water partition coefficient (Wildman–Crippen LogP) is 3.27. The average Bonchev–Trinajstić information content (AvgIpc) is 3.20. The SMILES string of the molecule is O=C(COc1ccccc1Cl)NCc1cccc(C(=O)N2CCCC2)c1. The molecule has 0 aromatic heterocycles. The fourth-order valence-corrected chi connectivity index (χ4v) is 3.06. The highest BCUT2D eigenvalue weighted by Gasteiger charge is 2.19. The van der Waals surface area contributed by atoms with Crippen LogP contribution in [0.2, 0.25) is 5.02 Å². The van der Waals surface area contributed by atoms with Crippen LogP contribution in [0.3, 0.4) is 0 Å². The Bertz CT molecular complexity index is 788. The second kappa shape index (κ2) is 8.72. The third kappa shape index (κ3) is 4.76. The van der Waals surface area contributed by atoms with Gasteiger partial charge in [-0.3, -0.25) is 9.59 Å². The van der Waals surface area contributed by atoms with E-state index in [0.717, 1.165) is 31.5 Å². The van der Waals surface area contributed by atoms with E-state index in [9.17, 15) is 9.59 Å². The van der Waals surface area contributed by atoms with Gasteiger partial charge in [-0.15, -0.1) is 0 Å². The molecular weight excluding hydrogens is 352 g/mol. The number of likely N-dealkylation sites (tertiary alicyclic amines) is 1. The Hall–Kier alpha value is -2.53. The van der Waals surface area contributed by atoms with Gasteiger partial charge in [-0.1, -0.05) is 35.9 Å². The van der Waals surface area contributed by atoms with Gasteiger partial charge in [-0.05, 0) is 42.7 Å². The Labute approximate surface area is 157 Å². The Morgan fingerprint density at radius 3 is 2.62 bits per heavy atom. The molecule has 1 N–H and O–H groups in total. The molecule has 1 heterocycles. The van der Waals surface area contributed by atoms with Gasteiger partial charge in [0.1, 0.15) is 5.75 Å². The highest BCUT2D eigenvalue weighted by molar-refractivity contribution is 6.32. The van der Waals surface area contributed by atoms with Gasteiger partial charge in [0, 0.05) is 25.2 Å². The standard InChI is InChI=1S/C20H21ClN2O3/c21-17-8-1-2-9-18(17)26-14-19(24)22-13-15-6-5-7-16(12-15)20(25)23-10-3-4-11-23/h1-2,5-9,12H,3-4,10-11,13-14H2,(H,22,24). The zero-order valence-corrected chi connectivity index (χ0v) is 15.2. The van der Waals surface area contributed by atoms with Crippen molar-refractivity contribution in [3.05, 3.63) is 64.7 Å². The summed E-state index contributed by atoms with van der Waals surface area (Å²) in [5, 5.41) is 3.26. The van der Waals surface area contributed by atoms with Gasteiger partial charge in [0.25, 0.3) is 11.8 Å². The van der Waals surface area contributed by atoms with E-state index in [4.69, 9.17) is 16.3 Å². The molecule has 26 heavy (non-hydrogen) atoms. The second-order valence-electron chi connectivity index (χ2n) is 6.20. The zero-order valence-electron chi connectivity index (χ0n) is 14.4. The van der Waals surface area contributed by atoms with Gasteiger partial charge < -0.3 is 15.0 Å². The number of hydrogen-bond acceptors (Lipinski definition) is 3. The summed E-state index contributed by atoms with van der Waals surface area (Å²) in [5.41, 5.74) is 1.53. The van der Waals surface area contributed by atoms with Gasteiger partial charge >= 0.3 is 0 Å². The van der Waals surface area contributed by atoms with Crippen molar-refractivity contribution in [2.75, 3.05) is 19.7 Å². The number of halogens is 1. The minimum atomic E-state index is -0.249. The van der Waals surface area contributed by atoms with Crippen molar-refractivity contribution < 1.29 is 14.3 Å². The molecule has 0 aliphatic carbocycles. The largest absolute Gasteiger partial charge is 0.482 e. The third-order valence-electron chi connectivity index (χ3n) is 4.25. The Morgan fingerprint density at radius 1 is 1.08 bits per heavy atom. The third-order valence-corrected chi connectivity index (χ3v) is 4.56. The van der Waals surface area contributed by atoms with E-state index in [2.05, 4.69) is 5.32 Å². The van der Waals surface area contributed by atoms with Gasteiger partial charge in [-0.2, -0.15) is 0 Å². The first-order chi connectivity index (χ1) is 12.6. The van der Waals surface area contributed by atoms with E-state index in [1.165, 1.54) is 0 Å². The first-order valence-electron chi connectivity index (χ1n) is 8.66. The summed E-state index contributed by atoms with van der Waals surface area (Å²) in [5.74, 6) is 0.279. The van der Waals surface area contributed by atoms with Crippen molar-refractivity contribution in [3.63, 3.8) is 0 Å². The number of ether oxygens (including phenoxy) is 1. The van der Waals surface area contributed by atoms with Crippen LogP contribution in [0.1, 0.15) is 28.8 Å². The first kappa shape index (κ1) is 18.3. The van der Waals surface area contributed by atoms with Crippen LogP contribution in [-0.4, -0.2) is 36.4 Å². The molecule has 0 radical (unpaired) electrons. The zero-order chi connectivity index (χ0) is 18.4. The summed E-state index contributed by atoms with van der Waals surface area (Å²) in [4.78, 5) is 26.3. The maximum absolute atomic E-state index is 12.4. The van der Waals surface area contributed by atoms with E-state index in [1.807, 2.05) is 29.2 Å². The minimum Gasteiger partial charge on any atom is -0.482 e. The predicted molar refractivity (Wildman–Crippen MR) is 100 cm³/mol. The number of nitrogens with one attached hydrogen (secondary N) is 1. The monoisotopic (exact) mass is 372 g/mol. The summed E-state index contributed by atoms with van der Waals surface area (Å²) in [6.45, 7) is 1.86. The molecule has 1 fully saturated rings. The van der Waals surface area contributed by atoms with E-state index in [1.54, 1.807) is 24.3 Å². The Balaban J connectivity index is 1.51. The van der Waals surface area contributed by atoms with E-state index >= 15 is 0 Å². The van der Waals surface area contributed by atoms with Crippen LogP contribution in [0, 0.1) is 0 Å². The van der Waals surface area contributed by atoms with Crippen molar-refractivity contribution in [3.8, 4) is 5.75 Å². The van der Waals surface area contributed by atoms with Crippen molar-refractivity contribution in [2.24, 2.45) is 0 Å². The quantitative estimate of drug-likeness (QED) is 0.846. The summed E-state index contributed by atoms with van der Waals surface area (Å²) >= 11 is 5.99. The van der Waals surface area contributed by atoms with E-state index in [-0.39, 0.29) is 18.4 Å². The van der Waals surface area contributed by atoms with Crippen LogP contribution in [-0.2, 0) is 11.3 Å².